The molecule has 3 aliphatic rings. The number of hydrogen-bond donors (Lipinski definition) is 1. The van der Waals surface area contributed by atoms with Gasteiger partial charge in [0.25, 0.3) is 0 Å². The van der Waals surface area contributed by atoms with E-state index < -0.39 is 23.3 Å². The highest BCUT2D eigenvalue weighted by molar-refractivity contribution is 5.72. The van der Waals surface area contributed by atoms with Crippen LogP contribution < -0.4 is 0 Å². The van der Waals surface area contributed by atoms with Gasteiger partial charge in [-0.1, -0.05) is 12.1 Å². The standard InChI is InChI=1S/C22H27F3N2O4/c23-22(24,25)17-5-1-15(2-6-17)13-26-11-9-21(10-12-26)14-27(20(30)31-21)18-7-3-16(4-8-18)19(28)29/h1-2,5-6,16,18H,3-4,7-14H2,(H,28,29). The van der Waals surface area contributed by atoms with Crippen LogP contribution in [-0.4, -0.2) is 58.2 Å². The van der Waals surface area contributed by atoms with Crippen molar-refractivity contribution in [3.63, 3.8) is 0 Å². The van der Waals surface area contributed by atoms with E-state index in [2.05, 4.69) is 4.90 Å². The Kier molecular flexibility index (Phi) is 5.89. The van der Waals surface area contributed by atoms with E-state index in [0.717, 1.165) is 17.7 Å². The largest absolute Gasteiger partial charge is 0.481 e. The molecule has 1 aromatic carbocycles. The molecule has 9 heteroatoms. The Labute approximate surface area is 179 Å². The molecule has 1 spiro atoms. The maximum Gasteiger partial charge on any atom is 0.416 e. The van der Waals surface area contributed by atoms with Gasteiger partial charge in [0, 0.05) is 38.5 Å². The zero-order valence-corrected chi connectivity index (χ0v) is 17.2. The van der Waals surface area contributed by atoms with Gasteiger partial charge in [-0.2, -0.15) is 13.2 Å². The molecular weight excluding hydrogens is 413 g/mol. The second kappa shape index (κ2) is 8.33. The Bertz CT molecular complexity index is 811. The fourth-order valence-electron chi connectivity index (χ4n) is 5.00. The summed E-state index contributed by atoms with van der Waals surface area (Å²) in [6.45, 7) is 2.50. The number of hydrogen-bond acceptors (Lipinski definition) is 4. The van der Waals surface area contributed by atoms with E-state index in [1.807, 2.05) is 0 Å². The van der Waals surface area contributed by atoms with Crippen LogP contribution in [0.25, 0.3) is 0 Å². The summed E-state index contributed by atoms with van der Waals surface area (Å²) in [5.74, 6) is -1.09. The summed E-state index contributed by atoms with van der Waals surface area (Å²) >= 11 is 0. The smallest absolute Gasteiger partial charge is 0.416 e. The average Bonchev–Trinajstić information content (AvgIpc) is 3.05. The van der Waals surface area contributed by atoms with Crippen LogP contribution in [0, 0.1) is 5.92 Å². The number of nitrogens with zero attached hydrogens (tertiary/aromatic N) is 2. The molecule has 0 radical (unpaired) electrons. The molecule has 0 aromatic heterocycles. The summed E-state index contributed by atoms with van der Waals surface area (Å²) < 4.78 is 44.0. The van der Waals surface area contributed by atoms with Crippen LogP contribution in [-0.2, 0) is 22.3 Å². The third-order valence-corrected chi connectivity index (χ3v) is 6.94. The van der Waals surface area contributed by atoms with Crippen molar-refractivity contribution >= 4 is 12.1 Å². The SMILES string of the molecule is O=C(O)C1CCC(N2CC3(CCN(Cc4ccc(C(F)(F)F)cc4)CC3)OC2=O)CC1. The zero-order chi connectivity index (χ0) is 22.2. The molecule has 2 heterocycles. The molecule has 0 bridgehead atoms. The number of carboxylic acids is 1. The number of alkyl halides is 3. The lowest BCUT2D eigenvalue weighted by molar-refractivity contribution is -0.143. The van der Waals surface area contributed by atoms with Crippen LogP contribution in [0.1, 0.15) is 49.7 Å². The summed E-state index contributed by atoms with van der Waals surface area (Å²) in [5.41, 5.74) is -0.342. The van der Waals surface area contributed by atoms with Gasteiger partial charge >= 0.3 is 18.2 Å². The highest BCUT2D eigenvalue weighted by Gasteiger charge is 2.49. The lowest BCUT2D eigenvalue weighted by Crippen LogP contribution is -2.47. The molecular formula is C22H27F3N2O4. The Hall–Kier alpha value is -2.29. The molecule has 2 saturated heterocycles. The normalized spacial score (nSPS) is 26.8. The molecule has 1 saturated carbocycles. The molecule has 1 N–H and O–H groups in total. The maximum atomic E-state index is 12.7. The minimum absolute atomic E-state index is 0.0349. The number of benzene rings is 1. The van der Waals surface area contributed by atoms with Gasteiger partial charge in [0.2, 0.25) is 0 Å². The molecule has 170 valence electrons. The van der Waals surface area contributed by atoms with E-state index in [-0.39, 0.29) is 18.1 Å². The van der Waals surface area contributed by atoms with Gasteiger partial charge in [-0.05, 0) is 43.4 Å². The van der Waals surface area contributed by atoms with E-state index in [9.17, 15) is 22.8 Å². The van der Waals surface area contributed by atoms with Crippen LogP contribution in [0.4, 0.5) is 18.0 Å². The van der Waals surface area contributed by atoms with Crippen LogP contribution >= 0.6 is 0 Å². The molecule has 3 fully saturated rings. The zero-order valence-electron chi connectivity index (χ0n) is 17.2. The van der Waals surface area contributed by atoms with Crippen LogP contribution in [0.3, 0.4) is 0 Å². The van der Waals surface area contributed by atoms with Crippen molar-refractivity contribution in [1.82, 2.24) is 9.80 Å². The van der Waals surface area contributed by atoms with E-state index in [4.69, 9.17) is 9.84 Å². The van der Waals surface area contributed by atoms with Crippen LogP contribution in [0.2, 0.25) is 0 Å². The fraction of sp³-hybridized carbons (Fsp3) is 0.636. The summed E-state index contributed by atoms with van der Waals surface area (Å²) in [4.78, 5) is 27.6. The molecule has 0 unspecified atom stereocenters. The number of carbonyl (C=O) groups is 2. The summed E-state index contributed by atoms with van der Waals surface area (Å²) in [5, 5.41) is 9.16. The van der Waals surface area contributed by atoms with E-state index in [0.29, 0.717) is 64.7 Å². The highest BCUT2D eigenvalue weighted by Crippen LogP contribution is 2.38. The lowest BCUT2D eigenvalue weighted by Gasteiger charge is -2.38. The number of aliphatic carboxylic acids is 1. The first-order chi connectivity index (χ1) is 14.7. The molecule has 31 heavy (non-hydrogen) atoms. The van der Waals surface area contributed by atoms with Crippen LogP contribution in [0.15, 0.2) is 24.3 Å². The topological polar surface area (TPSA) is 70.1 Å². The third-order valence-electron chi connectivity index (χ3n) is 6.94. The van der Waals surface area contributed by atoms with Gasteiger partial charge in [-0.3, -0.25) is 9.69 Å². The van der Waals surface area contributed by atoms with Gasteiger partial charge in [-0.15, -0.1) is 0 Å². The van der Waals surface area contributed by atoms with Crippen LogP contribution in [0.5, 0.6) is 0 Å². The monoisotopic (exact) mass is 440 g/mol. The molecule has 1 aromatic rings. The first-order valence-corrected chi connectivity index (χ1v) is 10.8. The van der Waals surface area contributed by atoms with Crippen molar-refractivity contribution in [1.29, 1.82) is 0 Å². The molecule has 4 rings (SSSR count). The van der Waals surface area contributed by atoms with Crippen molar-refractivity contribution in [2.24, 2.45) is 5.92 Å². The number of amides is 1. The second-order valence-electron chi connectivity index (χ2n) is 8.99. The molecule has 0 atom stereocenters. The quantitative estimate of drug-likeness (QED) is 0.762. The number of ether oxygens (including phenoxy) is 1. The number of likely N-dealkylation sites (tertiary alicyclic amines) is 1. The summed E-state index contributed by atoms with van der Waals surface area (Å²) in [6, 6.07) is 5.27. The molecule has 1 amide bonds. The maximum absolute atomic E-state index is 12.7. The third kappa shape index (κ3) is 4.81. The number of piperidine rings is 1. The molecule has 2 aliphatic heterocycles. The van der Waals surface area contributed by atoms with E-state index >= 15 is 0 Å². The Balaban J connectivity index is 1.29. The molecule has 6 nitrogen and oxygen atoms in total. The summed E-state index contributed by atoms with van der Waals surface area (Å²) in [7, 11) is 0. The van der Waals surface area contributed by atoms with Crippen molar-refractivity contribution in [3.8, 4) is 0 Å². The van der Waals surface area contributed by atoms with E-state index in [1.165, 1.54) is 12.1 Å². The average molecular weight is 440 g/mol. The number of carbonyl (C=O) groups excluding carboxylic acids is 1. The van der Waals surface area contributed by atoms with Gasteiger partial charge < -0.3 is 14.7 Å². The van der Waals surface area contributed by atoms with Crippen molar-refractivity contribution in [2.75, 3.05) is 19.6 Å². The predicted molar refractivity (Wildman–Crippen MR) is 105 cm³/mol. The van der Waals surface area contributed by atoms with Gasteiger partial charge in [0.1, 0.15) is 5.60 Å². The highest BCUT2D eigenvalue weighted by atomic mass is 19.4. The molecule has 1 aliphatic carbocycles. The second-order valence-corrected chi connectivity index (χ2v) is 8.99. The van der Waals surface area contributed by atoms with Gasteiger partial charge in [0.05, 0.1) is 18.0 Å². The first-order valence-electron chi connectivity index (χ1n) is 10.8. The number of carboxylic acid groups (broad SMARTS) is 1. The van der Waals surface area contributed by atoms with E-state index in [1.54, 1.807) is 4.90 Å². The number of rotatable bonds is 4. The van der Waals surface area contributed by atoms with Crippen molar-refractivity contribution in [2.45, 2.75) is 62.9 Å². The van der Waals surface area contributed by atoms with Gasteiger partial charge in [0.15, 0.2) is 0 Å². The number of halogens is 3. The predicted octanol–water partition coefficient (Wildman–Crippen LogP) is 4.14. The van der Waals surface area contributed by atoms with Crippen molar-refractivity contribution in [3.05, 3.63) is 35.4 Å². The Morgan fingerprint density at radius 3 is 2.26 bits per heavy atom. The van der Waals surface area contributed by atoms with Gasteiger partial charge in [-0.25, -0.2) is 4.79 Å². The minimum atomic E-state index is -4.33. The summed E-state index contributed by atoms with van der Waals surface area (Å²) in [6.07, 6.45) is -0.753. The Morgan fingerprint density at radius 2 is 1.71 bits per heavy atom. The minimum Gasteiger partial charge on any atom is -0.481 e. The fourth-order valence-corrected chi connectivity index (χ4v) is 5.00. The van der Waals surface area contributed by atoms with Crippen molar-refractivity contribution < 1.29 is 32.6 Å². The first kappa shape index (κ1) is 21.9. The Morgan fingerprint density at radius 1 is 1.10 bits per heavy atom. The lowest BCUT2D eigenvalue weighted by atomic mass is 9.84.